The summed E-state index contributed by atoms with van der Waals surface area (Å²) in [5.74, 6) is -7.26. The Morgan fingerprint density at radius 3 is 2.29 bits per heavy atom. The molecule has 0 fully saturated rings. The number of aliphatic hydroxyl groups is 2. The fourth-order valence-electron chi connectivity index (χ4n) is 3.25. The molecule has 31 heavy (non-hydrogen) atoms. The molecule has 2 atom stereocenters. The lowest BCUT2D eigenvalue weighted by Gasteiger charge is -2.38. The summed E-state index contributed by atoms with van der Waals surface area (Å²) in [4.78, 5) is 3.89. The summed E-state index contributed by atoms with van der Waals surface area (Å²) in [6, 6.07) is 0. The number of hydrogen-bond acceptors (Lipinski definition) is 4. The van der Waals surface area contributed by atoms with Crippen molar-refractivity contribution in [3.05, 3.63) is 70.7 Å². The Hall–Kier alpha value is -2.83. The molecule has 0 saturated carbocycles. The molecule has 1 aromatic rings. The Kier molecular flexibility index (Phi) is 6.44. The molecule has 2 aliphatic rings. The zero-order chi connectivity index (χ0) is 22.9. The summed E-state index contributed by atoms with van der Waals surface area (Å²) in [6.45, 7) is -1.35. The van der Waals surface area contributed by atoms with Gasteiger partial charge in [-0.3, -0.25) is 4.99 Å². The molecule has 0 spiro atoms. The van der Waals surface area contributed by atoms with Crippen LogP contribution >= 0.6 is 0 Å². The van der Waals surface area contributed by atoms with E-state index < -0.39 is 71.1 Å². The van der Waals surface area contributed by atoms with E-state index in [0.29, 0.717) is 0 Å². The minimum Gasteiger partial charge on any atom is -0.422 e. The molecule has 2 heterocycles. The van der Waals surface area contributed by atoms with Crippen LogP contribution in [0.2, 0.25) is 0 Å². The first-order chi connectivity index (χ1) is 14.6. The van der Waals surface area contributed by atoms with E-state index in [2.05, 4.69) is 4.99 Å². The van der Waals surface area contributed by atoms with Gasteiger partial charge in [-0.25, -0.2) is 17.6 Å². The molecule has 3 rings (SSSR count). The van der Waals surface area contributed by atoms with E-state index in [1.807, 2.05) is 5.32 Å². The number of likely N-dealkylation sites (N-methyl/N-ethyl adjacent to an activating group) is 1. The molecular formula is C19H18BF6N3O2. The van der Waals surface area contributed by atoms with Crippen LogP contribution in [0, 0.1) is 23.3 Å². The first-order valence-corrected chi connectivity index (χ1v) is 9.17. The number of aliphatic hydroxyl groups excluding tert-OH is 2. The zero-order valence-electron chi connectivity index (χ0n) is 16.2. The monoisotopic (exact) mass is 445 g/mol. The Morgan fingerprint density at radius 2 is 1.77 bits per heavy atom. The van der Waals surface area contributed by atoms with Crippen LogP contribution in [0.25, 0.3) is 5.57 Å². The summed E-state index contributed by atoms with van der Waals surface area (Å²) >= 11 is 0. The van der Waals surface area contributed by atoms with Gasteiger partial charge in [0.15, 0.2) is 23.3 Å². The summed E-state index contributed by atoms with van der Waals surface area (Å²) in [7, 11) is -2.83. The van der Waals surface area contributed by atoms with Gasteiger partial charge in [0.1, 0.15) is 11.4 Å². The van der Waals surface area contributed by atoms with Crippen LogP contribution in [-0.2, 0) is 0 Å². The maximum Gasteiger partial charge on any atom is 0.536 e. The molecule has 12 heteroatoms. The van der Waals surface area contributed by atoms with Crippen LogP contribution in [0.3, 0.4) is 0 Å². The highest BCUT2D eigenvalue weighted by atomic mass is 19.2. The maximum atomic E-state index is 15.0. The molecule has 0 aromatic heterocycles. The molecule has 0 aliphatic carbocycles. The van der Waals surface area contributed by atoms with Crippen LogP contribution in [0.15, 0.2) is 46.9 Å². The Balaban J connectivity index is 2.22. The smallest absolute Gasteiger partial charge is 0.422 e. The second kappa shape index (κ2) is 8.73. The lowest BCUT2D eigenvalue weighted by atomic mass is 9.93. The third-order valence-electron chi connectivity index (χ3n) is 5.02. The largest absolute Gasteiger partial charge is 0.536 e. The number of aliphatic imine (C=N–C) groups is 1. The standard InChI is InChI=1S/C19H18BF6N3O2/c1-29(20(25)26)7-3-5-12(29)13(11-4-2-6-27-11)14-15(21)17(23)19(18(24)16(14)22)28-8-10(31)9-30/h2-7,10,20,28,30-31H,8-9H2,1H3/b13-11+/t10-,29?/m1/s1. The van der Waals surface area contributed by atoms with E-state index in [1.165, 1.54) is 30.5 Å². The van der Waals surface area contributed by atoms with Gasteiger partial charge in [0.25, 0.3) is 0 Å². The molecule has 0 radical (unpaired) electrons. The lowest BCUT2D eigenvalue weighted by Crippen LogP contribution is -2.44. The van der Waals surface area contributed by atoms with Crippen molar-refractivity contribution in [1.82, 2.24) is 0 Å². The number of rotatable bonds is 7. The van der Waals surface area contributed by atoms with E-state index in [4.69, 9.17) is 5.11 Å². The van der Waals surface area contributed by atoms with Gasteiger partial charge in [0, 0.05) is 25.9 Å². The molecule has 1 unspecified atom stereocenters. The van der Waals surface area contributed by atoms with E-state index in [9.17, 15) is 22.5 Å². The van der Waals surface area contributed by atoms with Crippen molar-refractivity contribution in [3.63, 3.8) is 0 Å². The van der Waals surface area contributed by atoms with Crippen molar-refractivity contribution in [2.24, 2.45) is 4.99 Å². The minimum absolute atomic E-state index is 0.146. The van der Waals surface area contributed by atoms with Gasteiger partial charge in [-0.15, -0.1) is 0 Å². The van der Waals surface area contributed by atoms with Crippen LogP contribution in [0.5, 0.6) is 0 Å². The highest BCUT2D eigenvalue weighted by molar-refractivity contribution is 6.34. The lowest BCUT2D eigenvalue weighted by molar-refractivity contribution is -0.711. The van der Waals surface area contributed by atoms with Gasteiger partial charge in [-0.2, -0.15) is 0 Å². The fraction of sp³-hybridized carbons (Fsp3) is 0.211. The quantitative estimate of drug-likeness (QED) is 0.344. The minimum atomic E-state index is -3.94. The first-order valence-electron chi connectivity index (χ1n) is 9.17. The Morgan fingerprint density at radius 1 is 1.13 bits per heavy atom. The van der Waals surface area contributed by atoms with Crippen LogP contribution in [0.1, 0.15) is 5.56 Å². The molecule has 5 nitrogen and oxygen atoms in total. The predicted molar refractivity (Wildman–Crippen MR) is 105 cm³/mol. The number of quaternary nitrogens is 1. The third-order valence-corrected chi connectivity index (χ3v) is 5.02. The van der Waals surface area contributed by atoms with Gasteiger partial charge in [0.05, 0.1) is 35.7 Å². The summed E-state index contributed by atoms with van der Waals surface area (Å²) in [6.07, 6.45) is 6.00. The van der Waals surface area contributed by atoms with Crippen molar-refractivity contribution in [1.29, 1.82) is 0 Å². The van der Waals surface area contributed by atoms with E-state index in [1.54, 1.807) is 0 Å². The van der Waals surface area contributed by atoms with Gasteiger partial charge < -0.3 is 28.6 Å². The number of nitrogens with one attached hydrogen (secondary N) is 1. The zero-order valence-corrected chi connectivity index (χ0v) is 16.2. The van der Waals surface area contributed by atoms with Gasteiger partial charge >= 0.3 is 7.40 Å². The normalized spacial score (nSPS) is 22.5. The Bertz CT molecular complexity index is 1010. The number of hydrogen-bond donors (Lipinski definition) is 3. The number of anilines is 1. The van der Waals surface area contributed by atoms with Gasteiger partial charge in [0.2, 0.25) is 0 Å². The average Bonchev–Trinajstić information content (AvgIpc) is 3.40. The van der Waals surface area contributed by atoms with E-state index in [-0.39, 0.29) is 11.4 Å². The first kappa shape index (κ1) is 22.9. The molecule has 0 amide bonds. The van der Waals surface area contributed by atoms with Crippen molar-refractivity contribution < 1.29 is 40.8 Å². The van der Waals surface area contributed by atoms with Crippen LogP contribution < -0.4 is 5.32 Å². The van der Waals surface area contributed by atoms with Gasteiger partial charge in [-0.05, 0) is 18.2 Å². The van der Waals surface area contributed by atoms with E-state index in [0.717, 1.165) is 13.2 Å². The topological polar surface area (TPSA) is 64.9 Å². The molecule has 166 valence electrons. The number of halogens is 6. The molecule has 0 saturated heterocycles. The number of allylic oxidation sites excluding steroid dienone is 5. The van der Waals surface area contributed by atoms with Crippen LogP contribution in [0.4, 0.5) is 31.9 Å². The number of nitrogens with zero attached hydrogens (tertiary/aromatic N) is 2. The number of benzene rings is 1. The second-order valence-electron chi connectivity index (χ2n) is 7.12. The fourth-order valence-corrected chi connectivity index (χ4v) is 3.25. The van der Waals surface area contributed by atoms with Gasteiger partial charge in [-0.1, -0.05) is 0 Å². The Labute approximate surface area is 173 Å². The SMILES string of the molecule is C[N+]1([BH-](F)F)C=CC=C1/C(=C1/C=CC=N1)c1c(F)c(F)c(NC[C@@H](O)CO)c(F)c1F. The van der Waals surface area contributed by atoms with E-state index >= 15 is 8.78 Å². The molecule has 3 N–H and O–H groups in total. The molecular weight excluding hydrogens is 427 g/mol. The predicted octanol–water partition coefficient (Wildman–Crippen LogP) is 2.87. The summed E-state index contributed by atoms with van der Waals surface area (Å²) in [5.41, 5.74) is -3.32. The molecule has 2 aliphatic heterocycles. The maximum absolute atomic E-state index is 15.0. The van der Waals surface area contributed by atoms with Crippen molar-refractivity contribution in [2.75, 3.05) is 25.5 Å². The average molecular weight is 445 g/mol. The van der Waals surface area contributed by atoms with Crippen molar-refractivity contribution >= 4 is 24.9 Å². The summed E-state index contributed by atoms with van der Waals surface area (Å²) in [5, 5.41) is 20.1. The highest BCUT2D eigenvalue weighted by Crippen LogP contribution is 2.43. The summed E-state index contributed by atoms with van der Waals surface area (Å²) < 4.78 is 86.1. The van der Waals surface area contributed by atoms with Crippen molar-refractivity contribution in [2.45, 2.75) is 6.10 Å². The highest BCUT2D eigenvalue weighted by Gasteiger charge is 2.40. The van der Waals surface area contributed by atoms with Crippen LogP contribution in [-0.4, -0.2) is 54.5 Å². The second-order valence-corrected chi connectivity index (χ2v) is 7.12. The van der Waals surface area contributed by atoms with Crippen molar-refractivity contribution in [3.8, 4) is 0 Å². The molecule has 1 aromatic carbocycles. The molecule has 0 bridgehead atoms. The third kappa shape index (κ3) is 3.93.